The lowest BCUT2D eigenvalue weighted by molar-refractivity contribution is 0.102. The third kappa shape index (κ3) is 6.20. The molecule has 204 valence electrons. The Morgan fingerprint density at radius 2 is 1.95 bits per heavy atom. The summed E-state index contributed by atoms with van der Waals surface area (Å²) in [6, 6.07) is 13.7. The molecule has 4 heterocycles. The molecule has 6 rings (SSSR count). The van der Waals surface area contributed by atoms with E-state index in [1.807, 2.05) is 30.3 Å². The van der Waals surface area contributed by atoms with Crippen LogP contribution >= 0.6 is 0 Å². The summed E-state index contributed by atoms with van der Waals surface area (Å²) < 4.78 is 5.90. The summed E-state index contributed by atoms with van der Waals surface area (Å²) in [5, 5.41) is 14.9. The zero-order valence-corrected chi connectivity index (χ0v) is 22.6. The van der Waals surface area contributed by atoms with E-state index in [1.54, 1.807) is 12.1 Å². The molecule has 2 fully saturated rings. The van der Waals surface area contributed by atoms with Gasteiger partial charge in [-0.25, -0.2) is 4.98 Å². The molecule has 1 atom stereocenters. The summed E-state index contributed by atoms with van der Waals surface area (Å²) in [5.41, 5.74) is 3.93. The van der Waals surface area contributed by atoms with Crippen LogP contribution in [0.1, 0.15) is 67.5 Å². The first-order chi connectivity index (χ1) is 19.1. The molecule has 9 heteroatoms. The number of carbonyl (C=O) groups is 1. The molecule has 0 radical (unpaired) electrons. The van der Waals surface area contributed by atoms with Crippen molar-refractivity contribution >= 4 is 22.6 Å². The summed E-state index contributed by atoms with van der Waals surface area (Å²) in [6.07, 6.45) is 8.07. The first-order valence-corrected chi connectivity index (χ1v) is 14.3. The number of anilines is 1. The predicted octanol–water partition coefficient (Wildman–Crippen LogP) is 5.17. The minimum atomic E-state index is -0.171. The lowest BCUT2D eigenvalue weighted by atomic mass is 9.92. The molecular formula is C30H37N7O2. The van der Waals surface area contributed by atoms with E-state index in [4.69, 9.17) is 9.40 Å². The molecule has 0 bridgehead atoms. The number of H-pyrrole nitrogens is 1. The SMILES string of the molecule is C[C@H]1CCCN1Cc1nc2ccc(NC(=O)c3ccc(-c4nnc(CCCC5CCNCC5)o4)cc3)cc2[nH]1. The fraction of sp³-hybridized carbons (Fsp3) is 0.467. The normalized spacial score (nSPS) is 18.6. The highest BCUT2D eigenvalue weighted by molar-refractivity contribution is 6.05. The second-order valence-corrected chi connectivity index (χ2v) is 11.0. The summed E-state index contributed by atoms with van der Waals surface area (Å²) in [7, 11) is 0. The van der Waals surface area contributed by atoms with Gasteiger partial charge in [0.05, 0.1) is 17.6 Å². The second-order valence-electron chi connectivity index (χ2n) is 11.0. The van der Waals surface area contributed by atoms with Gasteiger partial charge < -0.3 is 20.0 Å². The number of carbonyl (C=O) groups excluding carboxylic acids is 1. The van der Waals surface area contributed by atoms with E-state index >= 15 is 0 Å². The Morgan fingerprint density at radius 3 is 2.74 bits per heavy atom. The van der Waals surface area contributed by atoms with E-state index in [2.05, 4.69) is 37.6 Å². The summed E-state index contributed by atoms with van der Waals surface area (Å²) in [5.74, 6) is 2.75. The first-order valence-electron chi connectivity index (χ1n) is 14.3. The zero-order valence-electron chi connectivity index (χ0n) is 22.6. The number of piperidine rings is 1. The maximum absolute atomic E-state index is 12.9. The number of hydrogen-bond acceptors (Lipinski definition) is 7. The van der Waals surface area contributed by atoms with Crippen LogP contribution < -0.4 is 10.6 Å². The van der Waals surface area contributed by atoms with Gasteiger partial charge in [0, 0.05) is 29.3 Å². The van der Waals surface area contributed by atoms with Crippen molar-refractivity contribution in [1.82, 2.24) is 30.4 Å². The summed E-state index contributed by atoms with van der Waals surface area (Å²) >= 11 is 0. The number of nitrogens with zero attached hydrogens (tertiary/aromatic N) is 4. The van der Waals surface area contributed by atoms with Crippen LogP contribution in [0.25, 0.3) is 22.5 Å². The van der Waals surface area contributed by atoms with Crippen molar-refractivity contribution in [3.05, 3.63) is 59.7 Å². The number of benzene rings is 2. The fourth-order valence-corrected chi connectivity index (χ4v) is 5.79. The van der Waals surface area contributed by atoms with Crippen LogP contribution in [0.15, 0.2) is 46.9 Å². The van der Waals surface area contributed by atoms with E-state index in [1.165, 1.54) is 32.1 Å². The maximum Gasteiger partial charge on any atom is 0.255 e. The van der Waals surface area contributed by atoms with Crippen LogP contribution in [0.4, 0.5) is 5.69 Å². The van der Waals surface area contributed by atoms with E-state index < -0.39 is 0 Å². The van der Waals surface area contributed by atoms with Crippen molar-refractivity contribution in [2.45, 2.75) is 64.5 Å². The van der Waals surface area contributed by atoms with Gasteiger partial charge in [-0.15, -0.1) is 10.2 Å². The van der Waals surface area contributed by atoms with Gasteiger partial charge in [0.2, 0.25) is 11.8 Å². The predicted molar refractivity (Wildman–Crippen MR) is 151 cm³/mol. The molecule has 2 saturated heterocycles. The molecule has 1 amide bonds. The molecule has 4 aromatic rings. The van der Waals surface area contributed by atoms with Gasteiger partial charge in [-0.2, -0.15) is 0 Å². The van der Waals surface area contributed by atoms with Gasteiger partial charge in [0.25, 0.3) is 5.91 Å². The monoisotopic (exact) mass is 527 g/mol. The number of likely N-dealkylation sites (tertiary alicyclic amines) is 1. The van der Waals surface area contributed by atoms with Gasteiger partial charge in [-0.1, -0.05) is 0 Å². The Bertz CT molecular complexity index is 1400. The Morgan fingerprint density at radius 1 is 1.10 bits per heavy atom. The summed E-state index contributed by atoms with van der Waals surface area (Å²) in [4.78, 5) is 23.5. The van der Waals surface area contributed by atoms with E-state index in [0.29, 0.717) is 23.4 Å². The van der Waals surface area contributed by atoms with Crippen molar-refractivity contribution in [2.75, 3.05) is 25.0 Å². The van der Waals surface area contributed by atoms with Crippen molar-refractivity contribution in [3.63, 3.8) is 0 Å². The minimum absolute atomic E-state index is 0.171. The second kappa shape index (κ2) is 11.7. The maximum atomic E-state index is 12.9. The minimum Gasteiger partial charge on any atom is -0.421 e. The molecule has 0 aliphatic carbocycles. The quantitative estimate of drug-likeness (QED) is 0.275. The topological polar surface area (TPSA) is 112 Å². The highest BCUT2D eigenvalue weighted by Gasteiger charge is 2.21. The van der Waals surface area contributed by atoms with E-state index in [9.17, 15) is 4.79 Å². The lowest BCUT2D eigenvalue weighted by Gasteiger charge is -2.21. The standard InChI is InChI=1S/C30H37N7O2/c1-20-4-3-17-37(20)19-27-33-25-12-11-24(18-26(25)34-27)32-29(38)22-7-9-23(10-8-22)30-36-35-28(39-30)6-2-5-21-13-15-31-16-14-21/h7-12,18,20-21,31H,2-6,13-17,19H2,1H3,(H,32,38)(H,33,34)/t20-/m0/s1. The van der Waals surface area contributed by atoms with Crippen molar-refractivity contribution in [3.8, 4) is 11.5 Å². The highest BCUT2D eigenvalue weighted by atomic mass is 16.4. The van der Waals surface area contributed by atoms with Gasteiger partial charge >= 0.3 is 0 Å². The number of aromatic nitrogens is 4. The lowest BCUT2D eigenvalue weighted by Crippen LogP contribution is -2.27. The van der Waals surface area contributed by atoms with Crippen LogP contribution in [0.2, 0.25) is 0 Å². The summed E-state index contributed by atoms with van der Waals surface area (Å²) in [6.45, 7) is 6.46. The Labute approximate surface area is 228 Å². The number of aryl methyl sites for hydroxylation is 1. The number of hydrogen-bond donors (Lipinski definition) is 3. The number of fused-ring (bicyclic) bond motifs is 1. The van der Waals surface area contributed by atoms with E-state index in [0.717, 1.165) is 73.0 Å². The molecule has 2 aliphatic rings. The van der Waals surface area contributed by atoms with Gasteiger partial charge in [-0.05, 0) is 113 Å². The fourth-order valence-electron chi connectivity index (χ4n) is 5.79. The van der Waals surface area contributed by atoms with Crippen molar-refractivity contribution in [2.24, 2.45) is 5.92 Å². The third-order valence-electron chi connectivity index (χ3n) is 8.15. The van der Waals surface area contributed by atoms with Crippen LogP contribution in [-0.4, -0.2) is 56.6 Å². The molecule has 39 heavy (non-hydrogen) atoms. The molecule has 2 aromatic carbocycles. The molecule has 2 aromatic heterocycles. The van der Waals surface area contributed by atoms with Crippen molar-refractivity contribution in [1.29, 1.82) is 0 Å². The largest absolute Gasteiger partial charge is 0.421 e. The molecule has 3 N–H and O–H groups in total. The van der Waals surface area contributed by atoms with Gasteiger partial charge in [0.1, 0.15) is 5.82 Å². The van der Waals surface area contributed by atoms with E-state index in [-0.39, 0.29) is 5.91 Å². The van der Waals surface area contributed by atoms with Crippen LogP contribution in [0, 0.1) is 5.92 Å². The van der Waals surface area contributed by atoms with Gasteiger partial charge in [-0.3, -0.25) is 9.69 Å². The average molecular weight is 528 g/mol. The number of nitrogens with one attached hydrogen (secondary N) is 3. The number of amides is 1. The average Bonchev–Trinajstić information content (AvgIpc) is 3.69. The Hall–Kier alpha value is -3.56. The number of rotatable bonds is 9. The smallest absolute Gasteiger partial charge is 0.255 e. The molecule has 0 unspecified atom stereocenters. The first kappa shape index (κ1) is 25.7. The molecule has 0 saturated carbocycles. The molecular weight excluding hydrogens is 490 g/mol. The van der Waals surface area contributed by atoms with Crippen LogP contribution in [0.3, 0.4) is 0 Å². The highest BCUT2D eigenvalue weighted by Crippen LogP contribution is 2.24. The molecule has 2 aliphatic heterocycles. The number of imidazole rings is 1. The van der Waals surface area contributed by atoms with Gasteiger partial charge in [0.15, 0.2) is 0 Å². The zero-order chi connectivity index (χ0) is 26.6. The Balaban J connectivity index is 1.04. The Kier molecular flexibility index (Phi) is 7.69. The van der Waals surface area contributed by atoms with Crippen LogP contribution in [0.5, 0.6) is 0 Å². The number of aromatic amines is 1. The van der Waals surface area contributed by atoms with Crippen molar-refractivity contribution < 1.29 is 9.21 Å². The third-order valence-corrected chi connectivity index (χ3v) is 8.15. The molecule has 9 nitrogen and oxygen atoms in total. The molecule has 0 spiro atoms. The van der Waals surface area contributed by atoms with Crippen LogP contribution in [-0.2, 0) is 13.0 Å².